The molecule has 0 aromatic carbocycles. The number of rotatable bonds is 4. The highest BCUT2D eigenvalue weighted by atomic mass is 79.9. The predicted octanol–water partition coefficient (Wildman–Crippen LogP) is 3.50. The van der Waals surface area contributed by atoms with E-state index in [-0.39, 0.29) is 0 Å². The van der Waals surface area contributed by atoms with E-state index < -0.39 is 0 Å². The molecule has 0 amide bonds. The molecule has 92 valence electrons. The number of hydrogen-bond acceptors (Lipinski definition) is 3. The normalized spacial score (nSPS) is 11.1. The number of hydrogen-bond donors (Lipinski definition) is 1. The van der Waals surface area contributed by atoms with Crippen LogP contribution in [0.3, 0.4) is 0 Å². The molecule has 0 aliphatic heterocycles. The monoisotopic (exact) mass is 333 g/mol. The fourth-order valence-electron chi connectivity index (χ4n) is 1.62. The number of thiophene rings is 1. The van der Waals surface area contributed by atoms with Gasteiger partial charge in [0, 0.05) is 25.0 Å². The van der Waals surface area contributed by atoms with Crippen LogP contribution in [0.4, 0.5) is 0 Å². The maximum Gasteiger partial charge on any atom is 0.0931 e. The summed E-state index contributed by atoms with van der Waals surface area (Å²) in [7, 11) is 1.96. The summed E-state index contributed by atoms with van der Waals surface area (Å²) >= 11 is 11.0. The number of aryl methyl sites for hydroxylation is 2. The van der Waals surface area contributed by atoms with E-state index in [9.17, 15) is 0 Å². The third-order valence-electron chi connectivity index (χ3n) is 2.48. The van der Waals surface area contributed by atoms with Gasteiger partial charge in [-0.05, 0) is 35.0 Å². The molecule has 0 fully saturated rings. The van der Waals surface area contributed by atoms with Crippen molar-refractivity contribution >= 4 is 38.9 Å². The van der Waals surface area contributed by atoms with Gasteiger partial charge in [-0.15, -0.1) is 11.3 Å². The Kier molecular flexibility index (Phi) is 4.25. The van der Waals surface area contributed by atoms with Crippen molar-refractivity contribution in [3.05, 3.63) is 37.2 Å². The number of nitrogens with zero attached hydrogens (tertiary/aromatic N) is 2. The van der Waals surface area contributed by atoms with Gasteiger partial charge >= 0.3 is 0 Å². The first-order valence-corrected chi connectivity index (χ1v) is 7.19. The summed E-state index contributed by atoms with van der Waals surface area (Å²) in [4.78, 5) is 1.24. The van der Waals surface area contributed by atoms with Crippen molar-refractivity contribution in [2.75, 3.05) is 0 Å². The zero-order valence-corrected chi connectivity index (χ0v) is 12.8. The van der Waals surface area contributed by atoms with Crippen molar-refractivity contribution in [2.45, 2.75) is 20.0 Å². The lowest BCUT2D eigenvalue weighted by Gasteiger charge is -2.04. The second-order valence-corrected chi connectivity index (χ2v) is 6.37. The van der Waals surface area contributed by atoms with E-state index in [0.717, 1.165) is 33.3 Å². The van der Waals surface area contributed by atoms with Crippen LogP contribution in [-0.4, -0.2) is 9.78 Å². The van der Waals surface area contributed by atoms with Gasteiger partial charge in [0.25, 0.3) is 0 Å². The molecular weight excluding hydrogens is 322 g/mol. The van der Waals surface area contributed by atoms with Crippen LogP contribution in [-0.2, 0) is 20.1 Å². The first-order chi connectivity index (χ1) is 8.08. The summed E-state index contributed by atoms with van der Waals surface area (Å²) in [6.07, 6.45) is 0. The highest BCUT2D eigenvalue weighted by Crippen LogP contribution is 2.22. The Labute approximate surface area is 118 Å². The van der Waals surface area contributed by atoms with Crippen LogP contribution in [0.5, 0.6) is 0 Å². The minimum Gasteiger partial charge on any atom is -0.306 e. The Morgan fingerprint density at radius 3 is 2.76 bits per heavy atom. The van der Waals surface area contributed by atoms with E-state index in [0.29, 0.717) is 0 Å². The minimum absolute atomic E-state index is 0.785. The van der Waals surface area contributed by atoms with Gasteiger partial charge in [-0.2, -0.15) is 5.10 Å². The van der Waals surface area contributed by atoms with E-state index in [2.05, 4.69) is 26.3 Å². The molecule has 0 atom stereocenters. The van der Waals surface area contributed by atoms with Crippen molar-refractivity contribution in [1.82, 2.24) is 15.1 Å². The number of aromatic nitrogens is 2. The van der Waals surface area contributed by atoms with Crippen LogP contribution in [0, 0.1) is 6.92 Å². The summed E-state index contributed by atoms with van der Waals surface area (Å²) in [5.74, 6) is 0. The topological polar surface area (TPSA) is 29.9 Å². The maximum atomic E-state index is 5.88. The van der Waals surface area contributed by atoms with Crippen molar-refractivity contribution in [3.63, 3.8) is 0 Å². The summed E-state index contributed by atoms with van der Waals surface area (Å²) < 4.78 is 3.81. The molecule has 0 spiro atoms. The summed E-state index contributed by atoms with van der Waals surface area (Å²) in [6.45, 7) is 3.61. The van der Waals surface area contributed by atoms with Gasteiger partial charge in [-0.3, -0.25) is 4.68 Å². The molecule has 0 bridgehead atoms. The molecule has 3 nitrogen and oxygen atoms in total. The lowest BCUT2D eigenvalue weighted by atomic mass is 10.3. The molecule has 6 heteroatoms. The maximum absolute atomic E-state index is 5.88. The van der Waals surface area contributed by atoms with E-state index in [4.69, 9.17) is 11.6 Å². The molecule has 0 saturated carbocycles. The van der Waals surface area contributed by atoms with Gasteiger partial charge in [-0.25, -0.2) is 0 Å². The largest absolute Gasteiger partial charge is 0.306 e. The molecule has 0 radical (unpaired) electrons. The van der Waals surface area contributed by atoms with Gasteiger partial charge in [0.15, 0.2) is 0 Å². The Hall–Kier alpha value is -0.360. The van der Waals surface area contributed by atoms with Crippen LogP contribution in [0.1, 0.15) is 16.3 Å². The lowest BCUT2D eigenvalue weighted by molar-refractivity contribution is 0.626. The van der Waals surface area contributed by atoms with Crippen LogP contribution in [0.15, 0.2) is 16.6 Å². The molecule has 0 aliphatic rings. The Balaban J connectivity index is 1.94. The summed E-state index contributed by atoms with van der Waals surface area (Å²) in [5, 5.41) is 7.74. The minimum atomic E-state index is 0.785. The number of nitrogens with one attached hydrogen (secondary N) is 1. The fourth-order valence-corrected chi connectivity index (χ4v) is 3.16. The Bertz CT molecular complexity index is 521. The predicted molar refractivity (Wildman–Crippen MR) is 75.5 cm³/mol. The highest BCUT2D eigenvalue weighted by Gasteiger charge is 2.09. The standard InChI is InChI=1S/C11H13BrClN3S/c1-7-11(12)9(16(2)15-7)6-14-5-8-3-4-10(13)17-8/h3-4,14H,5-6H2,1-2H3. The Morgan fingerprint density at radius 2 is 2.24 bits per heavy atom. The third kappa shape index (κ3) is 3.10. The third-order valence-corrected chi connectivity index (χ3v) is 4.74. The molecule has 0 aliphatic carbocycles. The quantitative estimate of drug-likeness (QED) is 0.927. The first-order valence-electron chi connectivity index (χ1n) is 5.21. The summed E-state index contributed by atoms with van der Waals surface area (Å²) in [5.41, 5.74) is 2.17. The fraction of sp³-hybridized carbons (Fsp3) is 0.364. The van der Waals surface area contributed by atoms with Crippen LogP contribution in [0.25, 0.3) is 0 Å². The average molecular weight is 335 g/mol. The molecule has 0 saturated heterocycles. The van der Waals surface area contributed by atoms with Crippen molar-refractivity contribution in [2.24, 2.45) is 7.05 Å². The van der Waals surface area contributed by atoms with Crippen LogP contribution >= 0.6 is 38.9 Å². The molecule has 2 rings (SSSR count). The van der Waals surface area contributed by atoms with E-state index >= 15 is 0 Å². The van der Waals surface area contributed by atoms with Gasteiger partial charge in [0.05, 0.1) is 20.2 Å². The molecule has 0 unspecified atom stereocenters. The molecule has 2 heterocycles. The van der Waals surface area contributed by atoms with Crippen LogP contribution < -0.4 is 5.32 Å². The van der Waals surface area contributed by atoms with Gasteiger partial charge in [0.2, 0.25) is 0 Å². The van der Waals surface area contributed by atoms with Crippen molar-refractivity contribution in [1.29, 1.82) is 0 Å². The average Bonchev–Trinajstić information content (AvgIpc) is 2.78. The van der Waals surface area contributed by atoms with Gasteiger partial charge < -0.3 is 5.32 Å². The van der Waals surface area contributed by atoms with E-state index in [1.807, 2.05) is 30.8 Å². The first kappa shape index (κ1) is 13.1. The van der Waals surface area contributed by atoms with E-state index in [1.165, 1.54) is 4.88 Å². The SMILES string of the molecule is Cc1nn(C)c(CNCc2ccc(Cl)s2)c1Br. The number of halogens is 2. The molecular formula is C11H13BrClN3S. The zero-order chi connectivity index (χ0) is 12.4. The van der Waals surface area contributed by atoms with Crippen molar-refractivity contribution < 1.29 is 0 Å². The molecule has 17 heavy (non-hydrogen) atoms. The van der Waals surface area contributed by atoms with Gasteiger partial charge in [0.1, 0.15) is 0 Å². The van der Waals surface area contributed by atoms with E-state index in [1.54, 1.807) is 11.3 Å². The Morgan fingerprint density at radius 1 is 1.47 bits per heavy atom. The van der Waals surface area contributed by atoms with Gasteiger partial charge in [-0.1, -0.05) is 11.6 Å². The lowest BCUT2D eigenvalue weighted by Crippen LogP contribution is -2.14. The smallest absolute Gasteiger partial charge is 0.0931 e. The second-order valence-electron chi connectivity index (χ2n) is 3.78. The molecule has 1 N–H and O–H groups in total. The zero-order valence-electron chi connectivity index (χ0n) is 9.63. The summed E-state index contributed by atoms with van der Waals surface area (Å²) in [6, 6.07) is 3.97. The van der Waals surface area contributed by atoms with Crippen molar-refractivity contribution in [3.8, 4) is 0 Å². The second kappa shape index (κ2) is 5.52. The highest BCUT2D eigenvalue weighted by molar-refractivity contribution is 9.10. The van der Waals surface area contributed by atoms with Crippen LogP contribution in [0.2, 0.25) is 4.34 Å². The molecule has 2 aromatic rings. The molecule has 2 aromatic heterocycles.